The van der Waals surface area contributed by atoms with Gasteiger partial charge in [0, 0.05) is 26.7 Å². The number of sulfonamides is 1. The molecule has 0 saturated carbocycles. The Hall–Kier alpha value is -1.44. The summed E-state index contributed by atoms with van der Waals surface area (Å²) in [7, 11) is -2.03. The number of hydrogen-bond acceptors (Lipinski definition) is 4. The van der Waals surface area contributed by atoms with Crippen LogP contribution in [0.4, 0.5) is 0 Å². The van der Waals surface area contributed by atoms with Crippen molar-refractivity contribution in [3.63, 3.8) is 0 Å². The fraction of sp³-hybridized carbons (Fsp3) is 0.588. The highest BCUT2D eigenvalue weighted by atomic mass is 32.2. The topological polar surface area (TPSA) is 75.7 Å². The number of carbonyl (C=O) groups excluding carboxylic acids is 1. The summed E-state index contributed by atoms with van der Waals surface area (Å²) < 4.78 is 33.1. The van der Waals surface area contributed by atoms with Crippen LogP contribution >= 0.6 is 0 Å². The number of rotatable bonds is 8. The lowest BCUT2D eigenvalue weighted by Gasteiger charge is -2.19. The SMILES string of the molecule is CCCCN(C)C(=O)c1ccccc1S(=O)(=O)NC[C@@H]1CCOC1. The van der Waals surface area contributed by atoms with Crippen LogP contribution in [0.2, 0.25) is 0 Å². The van der Waals surface area contributed by atoms with E-state index in [0.717, 1.165) is 19.3 Å². The molecule has 0 aromatic heterocycles. The summed E-state index contributed by atoms with van der Waals surface area (Å²) in [5, 5.41) is 0. The lowest BCUT2D eigenvalue weighted by molar-refractivity contribution is 0.0789. The largest absolute Gasteiger partial charge is 0.381 e. The van der Waals surface area contributed by atoms with Crippen molar-refractivity contribution in [1.29, 1.82) is 0 Å². The van der Waals surface area contributed by atoms with E-state index in [9.17, 15) is 13.2 Å². The standard InChI is InChI=1S/C17H26N2O4S/c1-3-4-10-19(2)17(20)15-7-5-6-8-16(15)24(21,22)18-12-14-9-11-23-13-14/h5-8,14,18H,3-4,9-13H2,1-2H3/t14-/m0/s1. The Balaban J connectivity index is 2.15. The normalized spacial score (nSPS) is 17.8. The Morgan fingerprint density at radius 1 is 1.38 bits per heavy atom. The van der Waals surface area contributed by atoms with Crippen LogP contribution in [0.15, 0.2) is 29.2 Å². The minimum atomic E-state index is -3.73. The summed E-state index contributed by atoms with van der Waals surface area (Å²) in [6.07, 6.45) is 2.71. The average Bonchev–Trinajstić information content (AvgIpc) is 3.11. The van der Waals surface area contributed by atoms with Crippen molar-refractivity contribution in [3.8, 4) is 0 Å². The van der Waals surface area contributed by atoms with E-state index in [4.69, 9.17) is 4.74 Å². The Kier molecular flexibility index (Phi) is 6.77. The van der Waals surface area contributed by atoms with Gasteiger partial charge in [-0.1, -0.05) is 25.5 Å². The maximum atomic E-state index is 12.6. The molecule has 1 fully saturated rings. The molecule has 1 atom stereocenters. The summed E-state index contributed by atoms with van der Waals surface area (Å²) in [6.45, 7) is 4.23. The van der Waals surface area contributed by atoms with E-state index >= 15 is 0 Å². The van der Waals surface area contributed by atoms with Crippen molar-refractivity contribution in [2.75, 3.05) is 33.4 Å². The fourth-order valence-electron chi connectivity index (χ4n) is 2.63. The number of nitrogens with zero attached hydrogens (tertiary/aromatic N) is 1. The van der Waals surface area contributed by atoms with Crippen LogP contribution in [0.25, 0.3) is 0 Å². The van der Waals surface area contributed by atoms with Crippen LogP contribution in [-0.4, -0.2) is 52.6 Å². The summed E-state index contributed by atoms with van der Waals surface area (Å²) in [6, 6.07) is 6.37. The average molecular weight is 354 g/mol. The third-order valence-electron chi connectivity index (χ3n) is 4.19. The zero-order chi connectivity index (χ0) is 17.6. The first kappa shape index (κ1) is 18.9. The van der Waals surface area contributed by atoms with Crippen LogP contribution < -0.4 is 4.72 Å². The lowest BCUT2D eigenvalue weighted by atomic mass is 10.1. The van der Waals surface area contributed by atoms with E-state index in [-0.39, 0.29) is 22.3 Å². The molecular formula is C17H26N2O4S. The molecule has 134 valence electrons. The molecule has 2 rings (SSSR count). The van der Waals surface area contributed by atoms with Gasteiger partial charge in [-0.25, -0.2) is 13.1 Å². The number of nitrogens with one attached hydrogen (secondary N) is 1. The van der Waals surface area contributed by atoms with Crippen molar-refractivity contribution >= 4 is 15.9 Å². The van der Waals surface area contributed by atoms with Crippen LogP contribution in [-0.2, 0) is 14.8 Å². The molecule has 0 aliphatic carbocycles. The molecule has 1 aliphatic rings. The summed E-state index contributed by atoms with van der Waals surface area (Å²) >= 11 is 0. The molecule has 1 aromatic rings. The maximum absolute atomic E-state index is 12.6. The van der Waals surface area contributed by atoms with Gasteiger partial charge in [0.15, 0.2) is 0 Å². The summed E-state index contributed by atoms with van der Waals surface area (Å²) in [4.78, 5) is 14.2. The van der Waals surface area contributed by atoms with E-state index in [2.05, 4.69) is 4.72 Å². The van der Waals surface area contributed by atoms with Crippen molar-refractivity contribution in [2.45, 2.75) is 31.1 Å². The van der Waals surface area contributed by atoms with Crippen molar-refractivity contribution in [2.24, 2.45) is 5.92 Å². The van der Waals surface area contributed by atoms with Gasteiger partial charge in [0.2, 0.25) is 10.0 Å². The van der Waals surface area contributed by atoms with Gasteiger partial charge < -0.3 is 9.64 Å². The first-order chi connectivity index (χ1) is 11.5. The van der Waals surface area contributed by atoms with Gasteiger partial charge in [-0.15, -0.1) is 0 Å². The van der Waals surface area contributed by atoms with E-state index in [1.807, 2.05) is 6.92 Å². The second-order valence-electron chi connectivity index (χ2n) is 6.16. The van der Waals surface area contributed by atoms with E-state index in [0.29, 0.717) is 26.3 Å². The Labute approximate surface area is 144 Å². The summed E-state index contributed by atoms with van der Waals surface area (Å²) in [5.41, 5.74) is 0.214. The number of amides is 1. The predicted molar refractivity (Wildman–Crippen MR) is 92.4 cm³/mol. The molecule has 0 spiro atoms. The van der Waals surface area contributed by atoms with E-state index in [1.54, 1.807) is 30.1 Å². The molecule has 6 nitrogen and oxygen atoms in total. The maximum Gasteiger partial charge on any atom is 0.254 e. The Morgan fingerprint density at radius 2 is 2.12 bits per heavy atom. The molecule has 1 saturated heterocycles. The predicted octanol–water partition coefficient (Wildman–Crippen LogP) is 1.87. The van der Waals surface area contributed by atoms with E-state index in [1.165, 1.54) is 6.07 Å². The number of benzene rings is 1. The second-order valence-corrected chi connectivity index (χ2v) is 7.89. The van der Waals surface area contributed by atoms with Crippen LogP contribution in [0.1, 0.15) is 36.5 Å². The fourth-order valence-corrected chi connectivity index (χ4v) is 3.94. The number of unbranched alkanes of at least 4 members (excludes halogenated alkanes) is 1. The molecule has 7 heteroatoms. The molecule has 1 aromatic carbocycles. The van der Waals surface area contributed by atoms with Gasteiger partial charge in [0.05, 0.1) is 17.1 Å². The van der Waals surface area contributed by atoms with Gasteiger partial charge in [0.1, 0.15) is 0 Å². The molecule has 24 heavy (non-hydrogen) atoms. The van der Waals surface area contributed by atoms with Crippen LogP contribution in [0, 0.1) is 5.92 Å². The second kappa shape index (κ2) is 8.60. The number of hydrogen-bond donors (Lipinski definition) is 1. The molecule has 1 N–H and O–H groups in total. The molecule has 1 amide bonds. The molecule has 0 bridgehead atoms. The lowest BCUT2D eigenvalue weighted by Crippen LogP contribution is -2.33. The van der Waals surface area contributed by atoms with Crippen molar-refractivity contribution in [3.05, 3.63) is 29.8 Å². The molecule has 0 radical (unpaired) electrons. The molecule has 1 aliphatic heterocycles. The first-order valence-electron chi connectivity index (χ1n) is 8.37. The number of ether oxygens (including phenoxy) is 1. The number of carbonyl (C=O) groups is 1. The van der Waals surface area contributed by atoms with Gasteiger partial charge >= 0.3 is 0 Å². The minimum Gasteiger partial charge on any atom is -0.381 e. The van der Waals surface area contributed by atoms with Crippen molar-refractivity contribution in [1.82, 2.24) is 9.62 Å². The first-order valence-corrected chi connectivity index (χ1v) is 9.86. The quantitative estimate of drug-likeness (QED) is 0.773. The minimum absolute atomic E-state index is 0.0391. The van der Waals surface area contributed by atoms with Crippen molar-refractivity contribution < 1.29 is 17.9 Å². The third-order valence-corrected chi connectivity index (χ3v) is 5.67. The van der Waals surface area contributed by atoms with E-state index < -0.39 is 10.0 Å². The Bertz CT molecular complexity index is 654. The van der Waals surface area contributed by atoms with Gasteiger partial charge in [-0.05, 0) is 30.9 Å². The van der Waals surface area contributed by atoms with Gasteiger partial charge in [0.25, 0.3) is 5.91 Å². The summed E-state index contributed by atoms with van der Waals surface area (Å²) in [5.74, 6) is -0.0801. The highest BCUT2D eigenvalue weighted by molar-refractivity contribution is 7.89. The highest BCUT2D eigenvalue weighted by Gasteiger charge is 2.25. The molecular weight excluding hydrogens is 328 g/mol. The van der Waals surface area contributed by atoms with Gasteiger partial charge in [-0.2, -0.15) is 0 Å². The zero-order valence-corrected chi connectivity index (χ0v) is 15.1. The third kappa shape index (κ3) is 4.78. The van der Waals surface area contributed by atoms with Crippen LogP contribution in [0.3, 0.4) is 0 Å². The monoisotopic (exact) mass is 354 g/mol. The van der Waals surface area contributed by atoms with Gasteiger partial charge in [-0.3, -0.25) is 4.79 Å². The Morgan fingerprint density at radius 3 is 2.79 bits per heavy atom. The smallest absolute Gasteiger partial charge is 0.254 e. The highest BCUT2D eigenvalue weighted by Crippen LogP contribution is 2.18. The van der Waals surface area contributed by atoms with Crippen LogP contribution in [0.5, 0.6) is 0 Å². The molecule has 0 unspecified atom stereocenters. The zero-order valence-electron chi connectivity index (χ0n) is 14.3. The molecule has 1 heterocycles.